The lowest BCUT2D eigenvalue weighted by atomic mass is 10.1. The smallest absolute Gasteiger partial charge is 0.259 e. The highest BCUT2D eigenvalue weighted by Gasteiger charge is 2.12. The number of pyridine rings is 1. The first-order chi connectivity index (χ1) is 9.61. The van der Waals surface area contributed by atoms with Crippen LogP contribution in [0.2, 0.25) is 5.02 Å². The number of amides is 1. The van der Waals surface area contributed by atoms with Crippen molar-refractivity contribution >= 4 is 28.9 Å². The third-order valence-corrected chi connectivity index (χ3v) is 3.12. The van der Waals surface area contributed by atoms with Crippen LogP contribution in [-0.2, 0) is 0 Å². The highest BCUT2D eigenvalue weighted by atomic mass is 35.5. The zero-order chi connectivity index (χ0) is 14.5. The Kier molecular flexibility index (Phi) is 4.58. The molecule has 1 amide bonds. The van der Waals surface area contributed by atoms with Crippen LogP contribution in [-0.4, -0.2) is 17.4 Å². The molecule has 2 N–H and O–H groups in total. The summed E-state index contributed by atoms with van der Waals surface area (Å²) in [6.07, 6.45) is 3.20. The summed E-state index contributed by atoms with van der Waals surface area (Å²) in [6.45, 7) is 4.63. The van der Waals surface area contributed by atoms with E-state index in [1.807, 2.05) is 19.9 Å². The molecule has 0 atom stereocenters. The maximum Gasteiger partial charge on any atom is 0.259 e. The van der Waals surface area contributed by atoms with Gasteiger partial charge in [0.25, 0.3) is 5.91 Å². The maximum absolute atomic E-state index is 12.3. The molecule has 20 heavy (non-hydrogen) atoms. The molecule has 2 rings (SSSR count). The molecule has 0 radical (unpaired) electrons. The van der Waals surface area contributed by atoms with Crippen LogP contribution in [0.25, 0.3) is 0 Å². The number of hydrogen-bond donors (Lipinski definition) is 2. The van der Waals surface area contributed by atoms with Crippen LogP contribution in [0.4, 0.5) is 11.4 Å². The number of halogens is 1. The third-order valence-electron chi connectivity index (χ3n) is 2.88. The summed E-state index contributed by atoms with van der Waals surface area (Å²) in [5, 5.41) is 6.59. The number of benzene rings is 1. The molecular weight excluding hydrogens is 274 g/mol. The molecule has 1 aromatic carbocycles. The van der Waals surface area contributed by atoms with Crippen LogP contribution in [0.3, 0.4) is 0 Å². The lowest BCUT2D eigenvalue weighted by Crippen LogP contribution is -2.15. The summed E-state index contributed by atoms with van der Waals surface area (Å²) < 4.78 is 0. The molecule has 0 aliphatic heterocycles. The van der Waals surface area contributed by atoms with Gasteiger partial charge in [-0.3, -0.25) is 9.78 Å². The first-order valence-electron chi connectivity index (χ1n) is 6.37. The summed E-state index contributed by atoms with van der Waals surface area (Å²) in [5.41, 5.74) is 2.93. The second-order valence-electron chi connectivity index (χ2n) is 4.36. The molecule has 1 aromatic heterocycles. The number of nitrogens with one attached hydrogen (secondary N) is 2. The Morgan fingerprint density at radius 1 is 1.30 bits per heavy atom. The number of carbonyl (C=O) groups is 1. The van der Waals surface area contributed by atoms with Gasteiger partial charge in [0.15, 0.2) is 0 Å². The fraction of sp³-hybridized carbons (Fsp3) is 0.200. The van der Waals surface area contributed by atoms with Gasteiger partial charge in [-0.2, -0.15) is 0 Å². The van der Waals surface area contributed by atoms with Gasteiger partial charge in [-0.25, -0.2) is 0 Å². The van der Waals surface area contributed by atoms with Crippen LogP contribution in [0.5, 0.6) is 0 Å². The van der Waals surface area contributed by atoms with Crippen molar-refractivity contribution in [2.24, 2.45) is 0 Å². The molecule has 5 heteroatoms. The van der Waals surface area contributed by atoms with E-state index in [-0.39, 0.29) is 5.91 Å². The van der Waals surface area contributed by atoms with Crippen LogP contribution in [0, 0.1) is 6.92 Å². The number of nitrogens with zero attached hydrogens (tertiary/aromatic N) is 1. The third kappa shape index (κ3) is 3.27. The molecule has 2 aromatic rings. The Balaban J connectivity index is 2.26. The molecule has 0 aliphatic rings. The van der Waals surface area contributed by atoms with E-state index in [4.69, 9.17) is 11.6 Å². The van der Waals surface area contributed by atoms with Gasteiger partial charge in [0, 0.05) is 29.6 Å². The average molecular weight is 290 g/mol. The molecule has 1 heterocycles. The highest BCUT2D eigenvalue weighted by molar-refractivity contribution is 6.31. The van der Waals surface area contributed by atoms with E-state index >= 15 is 0 Å². The lowest BCUT2D eigenvalue weighted by Gasteiger charge is -2.12. The summed E-state index contributed by atoms with van der Waals surface area (Å²) in [4.78, 5) is 16.3. The minimum Gasteiger partial charge on any atom is -0.385 e. The van der Waals surface area contributed by atoms with Gasteiger partial charge >= 0.3 is 0 Å². The zero-order valence-electron chi connectivity index (χ0n) is 11.4. The van der Waals surface area contributed by atoms with Gasteiger partial charge in [0.05, 0.1) is 11.3 Å². The van der Waals surface area contributed by atoms with Gasteiger partial charge < -0.3 is 10.6 Å². The number of carbonyl (C=O) groups excluding carboxylic acids is 1. The molecule has 0 fully saturated rings. The molecule has 0 unspecified atom stereocenters. The largest absolute Gasteiger partial charge is 0.385 e. The van der Waals surface area contributed by atoms with E-state index < -0.39 is 0 Å². The summed E-state index contributed by atoms with van der Waals surface area (Å²) in [7, 11) is 0. The number of aromatic nitrogens is 1. The van der Waals surface area contributed by atoms with Gasteiger partial charge in [0.1, 0.15) is 0 Å². The summed E-state index contributed by atoms with van der Waals surface area (Å²) >= 11 is 5.95. The minimum absolute atomic E-state index is 0.209. The molecule has 0 bridgehead atoms. The van der Waals surface area contributed by atoms with E-state index in [9.17, 15) is 4.79 Å². The molecular formula is C15H16ClN3O. The highest BCUT2D eigenvalue weighted by Crippen LogP contribution is 2.22. The molecule has 0 spiro atoms. The molecule has 4 nitrogen and oxygen atoms in total. The minimum atomic E-state index is -0.209. The SMILES string of the molecule is CCNc1ccncc1C(=O)Nc1cc(Cl)ccc1C. The number of aryl methyl sites for hydroxylation is 1. The van der Waals surface area contributed by atoms with Crippen molar-refractivity contribution in [3.05, 3.63) is 52.8 Å². The topological polar surface area (TPSA) is 54.0 Å². The van der Waals surface area contributed by atoms with Gasteiger partial charge in [-0.1, -0.05) is 17.7 Å². The Labute approximate surface area is 123 Å². The average Bonchev–Trinajstić information content (AvgIpc) is 2.44. The zero-order valence-corrected chi connectivity index (χ0v) is 12.2. The number of hydrogen-bond acceptors (Lipinski definition) is 3. The van der Waals surface area contributed by atoms with Crippen molar-refractivity contribution in [2.45, 2.75) is 13.8 Å². The van der Waals surface area contributed by atoms with Gasteiger partial charge in [-0.15, -0.1) is 0 Å². The standard InChI is InChI=1S/C15H16ClN3O/c1-3-18-13-6-7-17-9-12(13)15(20)19-14-8-11(16)5-4-10(14)2/h4-9H,3H2,1-2H3,(H,17,18)(H,19,20). The summed E-state index contributed by atoms with van der Waals surface area (Å²) in [6, 6.07) is 7.18. The first kappa shape index (κ1) is 14.3. The predicted molar refractivity (Wildman–Crippen MR) is 82.5 cm³/mol. The maximum atomic E-state index is 12.3. The molecule has 104 valence electrons. The first-order valence-corrected chi connectivity index (χ1v) is 6.75. The Hall–Kier alpha value is -2.07. The van der Waals surface area contributed by atoms with Crippen molar-refractivity contribution in [3.8, 4) is 0 Å². The normalized spacial score (nSPS) is 10.2. The second-order valence-corrected chi connectivity index (χ2v) is 4.80. The Bertz CT molecular complexity index is 628. The van der Waals surface area contributed by atoms with E-state index in [2.05, 4.69) is 15.6 Å². The molecule has 0 saturated heterocycles. The van der Waals surface area contributed by atoms with E-state index in [1.54, 1.807) is 30.6 Å². The van der Waals surface area contributed by atoms with Crippen LogP contribution < -0.4 is 10.6 Å². The monoisotopic (exact) mass is 289 g/mol. The fourth-order valence-corrected chi connectivity index (χ4v) is 2.01. The van der Waals surface area contributed by atoms with Crippen molar-refractivity contribution in [1.82, 2.24) is 4.98 Å². The van der Waals surface area contributed by atoms with Crippen LogP contribution in [0.15, 0.2) is 36.7 Å². The van der Waals surface area contributed by atoms with Gasteiger partial charge in [0.2, 0.25) is 0 Å². The summed E-state index contributed by atoms with van der Waals surface area (Å²) in [5.74, 6) is -0.209. The predicted octanol–water partition coefficient (Wildman–Crippen LogP) is 3.73. The van der Waals surface area contributed by atoms with Crippen molar-refractivity contribution in [3.63, 3.8) is 0 Å². The lowest BCUT2D eigenvalue weighted by molar-refractivity contribution is 0.102. The number of rotatable bonds is 4. The number of anilines is 2. The van der Waals surface area contributed by atoms with Gasteiger partial charge in [-0.05, 0) is 37.6 Å². The van der Waals surface area contributed by atoms with E-state index in [0.29, 0.717) is 16.3 Å². The fourth-order valence-electron chi connectivity index (χ4n) is 1.84. The van der Waals surface area contributed by atoms with E-state index in [1.165, 1.54) is 0 Å². The van der Waals surface area contributed by atoms with Crippen molar-refractivity contribution in [2.75, 3.05) is 17.2 Å². The second kappa shape index (κ2) is 6.39. The van der Waals surface area contributed by atoms with Crippen molar-refractivity contribution < 1.29 is 4.79 Å². The van der Waals surface area contributed by atoms with Crippen molar-refractivity contribution in [1.29, 1.82) is 0 Å². The van der Waals surface area contributed by atoms with Crippen LogP contribution >= 0.6 is 11.6 Å². The Morgan fingerprint density at radius 2 is 2.10 bits per heavy atom. The van der Waals surface area contributed by atoms with E-state index in [0.717, 1.165) is 17.8 Å². The van der Waals surface area contributed by atoms with Crippen LogP contribution in [0.1, 0.15) is 22.8 Å². The molecule has 0 saturated carbocycles. The Morgan fingerprint density at radius 3 is 2.85 bits per heavy atom. The molecule has 0 aliphatic carbocycles. The quantitative estimate of drug-likeness (QED) is 0.902.